The summed E-state index contributed by atoms with van der Waals surface area (Å²) in [5, 5.41) is 0. The van der Waals surface area contributed by atoms with Gasteiger partial charge in [0.1, 0.15) is 27.1 Å². The summed E-state index contributed by atoms with van der Waals surface area (Å²) < 4.78 is 31.8. The molecule has 112 valence electrons. The number of hydrogen-bond acceptors (Lipinski definition) is 5. The van der Waals surface area contributed by atoms with Gasteiger partial charge in [-0.2, -0.15) is 4.31 Å². The van der Waals surface area contributed by atoms with Gasteiger partial charge in [-0.15, -0.1) is 0 Å². The number of hydrogen-bond donors (Lipinski definition) is 1. The zero-order valence-corrected chi connectivity index (χ0v) is 13.2. The molecule has 0 saturated carbocycles. The molecule has 2 aromatic heterocycles. The van der Waals surface area contributed by atoms with E-state index in [2.05, 4.69) is 4.98 Å². The summed E-state index contributed by atoms with van der Waals surface area (Å²) in [4.78, 5) is 3.87. The van der Waals surface area contributed by atoms with Gasteiger partial charge in [0.2, 0.25) is 10.0 Å². The number of nitrogens with two attached hydrogens (primary N) is 1. The summed E-state index contributed by atoms with van der Waals surface area (Å²) in [5.41, 5.74) is 5.63. The minimum absolute atomic E-state index is 0.0109. The van der Waals surface area contributed by atoms with E-state index in [1.165, 1.54) is 29.7 Å². The molecular weight excluding hydrogens is 310 g/mol. The van der Waals surface area contributed by atoms with E-state index in [1.54, 1.807) is 19.1 Å². The van der Waals surface area contributed by atoms with Crippen molar-refractivity contribution in [3.8, 4) is 0 Å². The predicted octanol–water partition coefficient (Wildman–Crippen LogP) is 1.44. The Hall–Kier alpha value is -1.77. The van der Waals surface area contributed by atoms with Crippen LogP contribution in [-0.4, -0.2) is 29.7 Å². The van der Waals surface area contributed by atoms with Gasteiger partial charge in [0.05, 0.1) is 6.54 Å². The number of nitrogens with zero attached hydrogens (tertiary/aromatic N) is 2. The Bertz CT molecular complexity index is 768. The third-order valence-corrected chi connectivity index (χ3v) is 4.90. The van der Waals surface area contributed by atoms with E-state index in [0.717, 1.165) is 5.76 Å². The maximum absolute atomic E-state index is 12.6. The molecule has 2 N–H and O–H groups in total. The molecule has 0 bridgehead atoms. The molecule has 8 heteroatoms. The Kier molecular flexibility index (Phi) is 4.40. The second-order valence-corrected chi connectivity index (χ2v) is 6.94. The molecule has 0 fully saturated rings. The molecule has 0 atom stereocenters. The highest BCUT2D eigenvalue weighted by Crippen LogP contribution is 2.20. The summed E-state index contributed by atoms with van der Waals surface area (Å²) in [5.74, 6) is 1.28. The molecule has 0 unspecified atom stereocenters. The molecule has 21 heavy (non-hydrogen) atoms. The predicted molar refractivity (Wildman–Crippen MR) is 82.2 cm³/mol. The van der Waals surface area contributed by atoms with Crippen LogP contribution >= 0.6 is 12.2 Å². The van der Waals surface area contributed by atoms with Gasteiger partial charge in [0.15, 0.2) is 0 Å². The maximum atomic E-state index is 12.6. The van der Waals surface area contributed by atoms with Crippen molar-refractivity contribution in [1.82, 2.24) is 9.29 Å². The van der Waals surface area contributed by atoms with E-state index < -0.39 is 10.0 Å². The first-order valence-electron chi connectivity index (χ1n) is 6.09. The van der Waals surface area contributed by atoms with Crippen molar-refractivity contribution >= 4 is 27.2 Å². The first-order chi connectivity index (χ1) is 9.82. The smallest absolute Gasteiger partial charge is 0.245 e. The van der Waals surface area contributed by atoms with Crippen LogP contribution in [0.1, 0.15) is 17.2 Å². The summed E-state index contributed by atoms with van der Waals surface area (Å²) in [7, 11) is -2.30. The fourth-order valence-electron chi connectivity index (χ4n) is 1.83. The Balaban J connectivity index is 2.35. The minimum Gasteiger partial charge on any atom is -0.465 e. The van der Waals surface area contributed by atoms with Gasteiger partial charge in [-0.3, -0.25) is 4.98 Å². The highest BCUT2D eigenvalue weighted by Gasteiger charge is 2.26. The van der Waals surface area contributed by atoms with Gasteiger partial charge in [-0.25, -0.2) is 8.42 Å². The molecule has 6 nitrogen and oxygen atoms in total. The van der Waals surface area contributed by atoms with Gasteiger partial charge in [-0.05, 0) is 31.2 Å². The molecule has 0 radical (unpaired) electrons. The number of aryl methyl sites for hydroxylation is 1. The van der Waals surface area contributed by atoms with Crippen molar-refractivity contribution in [2.45, 2.75) is 18.4 Å². The lowest BCUT2D eigenvalue weighted by Crippen LogP contribution is -2.29. The number of aromatic nitrogens is 1. The first-order valence-corrected chi connectivity index (χ1v) is 7.93. The second kappa shape index (κ2) is 5.92. The average Bonchev–Trinajstić information content (AvgIpc) is 2.84. The first kappa shape index (κ1) is 15.6. The standard InChI is InChI=1S/C13H15N3O3S2/c1-9-5-6-10(19-9)8-16(2)21(17,18)11-4-3-7-15-12(11)13(14)20/h3-7H,8H2,1-2H3,(H2,14,20). The lowest BCUT2D eigenvalue weighted by Gasteiger charge is -2.17. The van der Waals surface area contributed by atoms with Gasteiger partial charge in [-0.1, -0.05) is 12.2 Å². The molecule has 0 aromatic carbocycles. The molecule has 2 rings (SSSR count). The van der Waals surface area contributed by atoms with Crippen LogP contribution in [0, 0.1) is 6.92 Å². The van der Waals surface area contributed by atoms with Gasteiger partial charge in [0.25, 0.3) is 0 Å². The molecule has 0 spiro atoms. The largest absolute Gasteiger partial charge is 0.465 e. The van der Waals surface area contributed by atoms with Crippen LogP contribution in [0.15, 0.2) is 39.8 Å². The fraction of sp³-hybridized carbons (Fsp3) is 0.231. The lowest BCUT2D eigenvalue weighted by atomic mass is 10.3. The Morgan fingerprint density at radius 2 is 2.14 bits per heavy atom. The zero-order valence-electron chi connectivity index (χ0n) is 11.6. The Morgan fingerprint density at radius 3 is 2.71 bits per heavy atom. The highest BCUT2D eigenvalue weighted by molar-refractivity contribution is 7.89. The van der Waals surface area contributed by atoms with E-state index >= 15 is 0 Å². The van der Waals surface area contributed by atoms with Crippen LogP contribution in [0.4, 0.5) is 0 Å². The number of sulfonamides is 1. The average molecular weight is 325 g/mol. The monoisotopic (exact) mass is 325 g/mol. The number of pyridine rings is 1. The van der Waals surface area contributed by atoms with Gasteiger partial charge < -0.3 is 10.2 Å². The van der Waals surface area contributed by atoms with Crippen LogP contribution in [0.25, 0.3) is 0 Å². The van der Waals surface area contributed by atoms with E-state index in [-0.39, 0.29) is 22.1 Å². The van der Waals surface area contributed by atoms with Crippen molar-refractivity contribution in [2.75, 3.05) is 7.05 Å². The third-order valence-electron chi connectivity index (χ3n) is 2.87. The van der Waals surface area contributed by atoms with E-state index in [1.807, 2.05) is 0 Å². The molecule has 2 aromatic rings. The lowest BCUT2D eigenvalue weighted by molar-refractivity contribution is 0.397. The molecule has 0 saturated heterocycles. The summed E-state index contributed by atoms with van der Waals surface area (Å²) in [6.45, 7) is 1.91. The number of thiocarbonyl (C=S) groups is 1. The quantitative estimate of drug-likeness (QED) is 0.837. The summed E-state index contributed by atoms with van der Waals surface area (Å²) in [6.07, 6.45) is 1.45. The number of rotatable bonds is 5. The van der Waals surface area contributed by atoms with Gasteiger partial charge in [0, 0.05) is 13.2 Å². The molecule has 0 aliphatic rings. The van der Waals surface area contributed by atoms with Crippen molar-refractivity contribution in [1.29, 1.82) is 0 Å². The minimum atomic E-state index is -3.76. The topological polar surface area (TPSA) is 89.4 Å². The van der Waals surface area contributed by atoms with E-state index in [4.69, 9.17) is 22.4 Å². The molecule has 2 heterocycles. The van der Waals surface area contributed by atoms with Crippen LogP contribution in [0.3, 0.4) is 0 Å². The third kappa shape index (κ3) is 3.29. The van der Waals surface area contributed by atoms with Gasteiger partial charge >= 0.3 is 0 Å². The van der Waals surface area contributed by atoms with E-state index in [9.17, 15) is 8.42 Å². The molecular formula is C13H15N3O3S2. The number of furan rings is 1. The maximum Gasteiger partial charge on any atom is 0.245 e. The molecule has 0 aliphatic carbocycles. The van der Waals surface area contributed by atoms with Crippen LogP contribution in [0.5, 0.6) is 0 Å². The summed E-state index contributed by atoms with van der Waals surface area (Å²) >= 11 is 4.85. The van der Waals surface area contributed by atoms with Crippen molar-refractivity contribution in [3.05, 3.63) is 47.7 Å². The van der Waals surface area contributed by atoms with Crippen molar-refractivity contribution in [2.24, 2.45) is 5.73 Å². The fourth-order valence-corrected chi connectivity index (χ4v) is 3.34. The highest BCUT2D eigenvalue weighted by atomic mass is 32.2. The van der Waals surface area contributed by atoms with Crippen molar-refractivity contribution < 1.29 is 12.8 Å². The second-order valence-electron chi connectivity index (χ2n) is 4.49. The zero-order chi connectivity index (χ0) is 15.6. The van der Waals surface area contributed by atoms with Crippen molar-refractivity contribution in [3.63, 3.8) is 0 Å². The van der Waals surface area contributed by atoms with Crippen LogP contribution in [-0.2, 0) is 16.6 Å². The van der Waals surface area contributed by atoms with Crippen LogP contribution in [0.2, 0.25) is 0 Å². The normalized spacial score (nSPS) is 11.8. The Morgan fingerprint density at radius 1 is 1.43 bits per heavy atom. The summed E-state index contributed by atoms with van der Waals surface area (Å²) in [6, 6.07) is 6.47. The molecule has 0 aliphatic heterocycles. The molecule has 0 amide bonds. The Labute approximate surface area is 128 Å². The SMILES string of the molecule is Cc1ccc(CN(C)S(=O)(=O)c2cccnc2C(N)=S)o1. The van der Waals surface area contributed by atoms with Crippen LogP contribution < -0.4 is 5.73 Å². The van der Waals surface area contributed by atoms with E-state index in [0.29, 0.717) is 5.76 Å².